The van der Waals surface area contributed by atoms with Crippen LogP contribution in [0.15, 0.2) is 29.2 Å². The molecular weight excluding hydrogens is 294 g/mol. The number of sulfone groups is 1. The van der Waals surface area contributed by atoms with E-state index >= 15 is 0 Å². The Morgan fingerprint density at radius 3 is 2.53 bits per heavy atom. The molecular formula is C10H14NO6S2-. The van der Waals surface area contributed by atoms with Gasteiger partial charge in [-0.25, -0.2) is 16.8 Å². The normalized spacial score (nSPS) is 12.3. The number of hydrogen-bond acceptors (Lipinski definition) is 7. The average molecular weight is 308 g/mol. The van der Waals surface area contributed by atoms with Crippen LogP contribution in [-0.2, 0) is 24.4 Å². The maximum atomic E-state index is 11.9. The molecule has 0 unspecified atom stereocenters. The Balaban J connectivity index is 2.79. The summed E-state index contributed by atoms with van der Waals surface area (Å²) in [6.45, 7) is 1.81. The summed E-state index contributed by atoms with van der Waals surface area (Å²) in [5, 5.41) is 2.96. The first-order chi connectivity index (χ1) is 8.74. The molecule has 0 aliphatic heterocycles. The number of rotatable bonds is 7. The van der Waals surface area contributed by atoms with Crippen LogP contribution >= 0.6 is 0 Å². The van der Waals surface area contributed by atoms with Crippen LogP contribution in [0.5, 0.6) is 0 Å². The molecule has 0 aromatic heterocycles. The van der Waals surface area contributed by atoms with Crippen LogP contribution in [-0.4, -0.2) is 40.3 Å². The zero-order valence-corrected chi connectivity index (χ0v) is 11.8. The Morgan fingerprint density at radius 1 is 1.26 bits per heavy atom. The van der Waals surface area contributed by atoms with Gasteiger partial charge in [0.05, 0.1) is 17.3 Å². The molecule has 7 nitrogen and oxygen atoms in total. The zero-order chi connectivity index (χ0) is 14.5. The predicted octanol–water partition coefficient (Wildman–Crippen LogP) is 0.369. The van der Waals surface area contributed by atoms with E-state index in [9.17, 15) is 21.4 Å². The Labute approximate surface area is 112 Å². The second-order valence-electron chi connectivity index (χ2n) is 3.61. The van der Waals surface area contributed by atoms with Gasteiger partial charge in [0.15, 0.2) is 9.84 Å². The largest absolute Gasteiger partial charge is 0.726 e. The molecule has 9 heteroatoms. The van der Waals surface area contributed by atoms with E-state index in [1.54, 1.807) is 12.1 Å². The van der Waals surface area contributed by atoms with Gasteiger partial charge >= 0.3 is 0 Å². The molecule has 0 fully saturated rings. The molecule has 0 aliphatic carbocycles. The first-order valence-corrected chi connectivity index (χ1v) is 8.40. The van der Waals surface area contributed by atoms with Gasteiger partial charge in [-0.3, -0.25) is 4.18 Å². The summed E-state index contributed by atoms with van der Waals surface area (Å²) in [5.74, 6) is -0.579. The van der Waals surface area contributed by atoms with Crippen molar-refractivity contribution in [3.63, 3.8) is 0 Å². The molecule has 0 bridgehead atoms. The van der Waals surface area contributed by atoms with Crippen LogP contribution in [0.25, 0.3) is 0 Å². The lowest BCUT2D eigenvalue weighted by atomic mass is 10.3. The molecule has 0 radical (unpaired) electrons. The molecule has 0 saturated heterocycles. The van der Waals surface area contributed by atoms with E-state index in [0.717, 1.165) is 0 Å². The third-order valence-electron chi connectivity index (χ3n) is 2.15. The molecule has 0 saturated carbocycles. The maximum absolute atomic E-state index is 11.9. The third-order valence-corrected chi connectivity index (χ3v) is 4.29. The number of hydrogen-bond donors (Lipinski definition) is 1. The Morgan fingerprint density at radius 2 is 1.95 bits per heavy atom. The van der Waals surface area contributed by atoms with Gasteiger partial charge in [-0.2, -0.15) is 0 Å². The van der Waals surface area contributed by atoms with Crippen LogP contribution in [0.3, 0.4) is 0 Å². The summed E-state index contributed by atoms with van der Waals surface area (Å²) in [5.41, 5.74) is 0.640. The van der Waals surface area contributed by atoms with Crippen molar-refractivity contribution >= 4 is 25.9 Å². The maximum Gasteiger partial charge on any atom is 0.217 e. The molecule has 1 aromatic rings. The van der Waals surface area contributed by atoms with E-state index in [1.165, 1.54) is 12.1 Å². The minimum Gasteiger partial charge on any atom is -0.726 e. The van der Waals surface area contributed by atoms with Crippen molar-refractivity contribution in [3.8, 4) is 0 Å². The lowest BCUT2D eigenvalue weighted by molar-refractivity contribution is 0.276. The predicted molar refractivity (Wildman–Crippen MR) is 68.3 cm³/mol. The summed E-state index contributed by atoms with van der Waals surface area (Å²) in [6.07, 6.45) is 0. The fourth-order valence-corrected chi connectivity index (χ4v) is 2.89. The summed E-state index contributed by atoms with van der Waals surface area (Å²) in [4.78, 5) is 0.0397. The second-order valence-corrected chi connectivity index (χ2v) is 6.77. The molecule has 0 atom stereocenters. The van der Waals surface area contributed by atoms with Crippen molar-refractivity contribution in [2.45, 2.75) is 11.8 Å². The van der Waals surface area contributed by atoms with E-state index in [1.807, 2.05) is 6.92 Å². The molecule has 19 heavy (non-hydrogen) atoms. The molecule has 0 heterocycles. The topological polar surface area (TPSA) is 113 Å². The highest BCUT2D eigenvalue weighted by atomic mass is 32.3. The lowest BCUT2D eigenvalue weighted by Gasteiger charge is -2.09. The minimum atomic E-state index is -4.87. The monoisotopic (exact) mass is 308 g/mol. The van der Waals surface area contributed by atoms with Gasteiger partial charge in [0.1, 0.15) is 0 Å². The number of nitrogens with one attached hydrogen (secondary N) is 1. The minimum absolute atomic E-state index is 0.0397. The lowest BCUT2D eigenvalue weighted by Crippen LogP contribution is -2.15. The van der Waals surface area contributed by atoms with E-state index in [2.05, 4.69) is 9.50 Å². The number of anilines is 1. The van der Waals surface area contributed by atoms with Crippen molar-refractivity contribution in [2.24, 2.45) is 0 Å². The van der Waals surface area contributed by atoms with E-state index in [4.69, 9.17) is 0 Å². The summed E-state index contributed by atoms with van der Waals surface area (Å²) >= 11 is 0. The van der Waals surface area contributed by atoms with Crippen molar-refractivity contribution in [2.75, 3.05) is 24.2 Å². The Hall–Kier alpha value is -1.16. The molecule has 0 amide bonds. The van der Waals surface area contributed by atoms with Crippen molar-refractivity contribution < 1.29 is 25.6 Å². The van der Waals surface area contributed by atoms with Crippen LogP contribution in [0.2, 0.25) is 0 Å². The van der Waals surface area contributed by atoms with Crippen LogP contribution in [0.4, 0.5) is 5.69 Å². The molecule has 1 N–H and O–H groups in total. The molecule has 108 valence electrons. The van der Waals surface area contributed by atoms with Crippen molar-refractivity contribution in [3.05, 3.63) is 24.3 Å². The zero-order valence-electron chi connectivity index (χ0n) is 10.2. The van der Waals surface area contributed by atoms with Crippen LogP contribution in [0.1, 0.15) is 6.92 Å². The van der Waals surface area contributed by atoms with Crippen LogP contribution < -0.4 is 5.32 Å². The van der Waals surface area contributed by atoms with Crippen molar-refractivity contribution in [1.82, 2.24) is 0 Å². The van der Waals surface area contributed by atoms with Gasteiger partial charge in [-0.15, -0.1) is 0 Å². The fraction of sp³-hybridized carbons (Fsp3) is 0.400. The van der Waals surface area contributed by atoms with E-state index in [-0.39, 0.29) is 4.90 Å². The first-order valence-electron chi connectivity index (χ1n) is 5.41. The summed E-state index contributed by atoms with van der Waals surface area (Å²) in [6, 6.07) is 6.10. The van der Waals surface area contributed by atoms with Gasteiger partial charge in [0.2, 0.25) is 10.4 Å². The SMILES string of the molecule is CCNc1cccc(S(=O)(=O)CCOS(=O)(=O)[O-])c1. The van der Waals surface area contributed by atoms with Crippen molar-refractivity contribution in [1.29, 1.82) is 0 Å². The number of benzene rings is 1. The van der Waals surface area contributed by atoms with Crippen LogP contribution in [0, 0.1) is 0 Å². The second kappa shape index (κ2) is 6.33. The summed E-state index contributed by atoms with van der Waals surface area (Å²) < 4.78 is 58.3. The molecule has 1 aromatic carbocycles. The van der Waals surface area contributed by atoms with Gasteiger partial charge in [0, 0.05) is 12.2 Å². The van der Waals surface area contributed by atoms with Gasteiger partial charge in [0.25, 0.3) is 0 Å². The highest BCUT2D eigenvalue weighted by molar-refractivity contribution is 7.91. The first kappa shape index (κ1) is 15.9. The average Bonchev–Trinajstić information content (AvgIpc) is 2.28. The van der Waals surface area contributed by atoms with E-state index < -0.39 is 32.6 Å². The van der Waals surface area contributed by atoms with E-state index in [0.29, 0.717) is 12.2 Å². The quantitative estimate of drug-likeness (QED) is 0.572. The Bertz CT molecular complexity index is 623. The Kier molecular flexibility index (Phi) is 5.29. The molecule has 0 aliphatic rings. The molecule has 1 rings (SSSR count). The molecule has 0 spiro atoms. The highest BCUT2D eigenvalue weighted by Gasteiger charge is 2.15. The summed E-state index contributed by atoms with van der Waals surface area (Å²) in [7, 11) is -8.56. The highest BCUT2D eigenvalue weighted by Crippen LogP contribution is 2.16. The standard InChI is InChI=1S/C10H15NO6S2/c1-2-11-9-4-3-5-10(8-9)18(12,13)7-6-17-19(14,15)16/h3-5,8,11H,2,6-7H2,1H3,(H,14,15,16)/p-1. The smallest absolute Gasteiger partial charge is 0.217 e. The fourth-order valence-electron chi connectivity index (χ4n) is 1.37. The van der Waals surface area contributed by atoms with Gasteiger partial charge < -0.3 is 9.87 Å². The van der Waals surface area contributed by atoms with Gasteiger partial charge in [-0.05, 0) is 25.1 Å². The third kappa shape index (κ3) is 5.55. The van der Waals surface area contributed by atoms with Gasteiger partial charge in [-0.1, -0.05) is 6.07 Å².